The average Bonchev–Trinajstić information content (AvgIpc) is 3.65. The van der Waals surface area contributed by atoms with E-state index < -0.39 is 15.6 Å². The van der Waals surface area contributed by atoms with Crippen LogP contribution in [-0.4, -0.2) is 19.0 Å². The van der Waals surface area contributed by atoms with Crippen molar-refractivity contribution in [2.75, 3.05) is 0 Å². The smallest absolute Gasteiger partial charge is 0.508 e. The highest BCUT2D eigenvalue weighted by molar-refractivity contribution is 7.88. The zero-order valence-corrected chi connectivity index (χ0v) is 24.5. The van der Waals surface area contributed by atoms with Crippen molar-refractivity contribution in [2.45, 2.75) is 5.51 Å². The molecule has 0 aliphatic heterocycles. The van der Waals surface area contributed by atoms with E-state index in [1.165, 1.54) is 53.0 Å². The molecule has 8 aromatic rings. The lowest BCUT2D eigenvalue weighted by Crippen LogP contribution is -2.28. The topological polar surface area (TPSA) is 63.6 Å². The quantitative estimate of drug-likeness (QED) is 0.150. The van der Waals surface area contributed by atoms with Crippen molar-refractivity contribution < 1.29 is 30.9 Å². The summed E-state index contributed by atoms with van der Waals surface area (Å²) >= 11 is 6.73. The number of benzene rings is 4. The highest BCUT2D eigenvalue weighted by atomic mass is 32.2. The minimum Gasteiger partial charge on any atom is -0.508 e. The van der Waals surface area contributed by atoms with Gasteiger partial charge in [0.2, 0.25) is 0 Å². The van der Waals surface area contributed by atoms with Gasteiger partial charge < -0.3 is 9.29 Å². The Hall–Kier alpha value is -3.42. The van der Waals surface area contributed by atoms with Crippen LogP contribution in [0.5, 0.6) is 11.5 Å². The van der Waals surface area contributed by atoms with E-state index in [4.69, 9.17) is 0 Å². The van der Waals surface area contributed by atoms with Gasteiger partial charge in [0.25, 0.3) is 0 Å². The van der Waals surface area contributed by atoms with Gasteiger partial charge in [-0.05, 0) is 48.5 Å². The normalized spacial score (nSPS) is 12.6. The molecule has 8 rings (SSSR count). The fraction of sp³-hybridized carbons (Fsp3) is 0.0345. The van der Waals surface area contributed by atoms with Crippen molar-refractivity contribution in [1.29, 1.82) is 0 Å². The summed E-state index contributed by atoms with van der Waals surface area (Å²) in [5.41, 5.74) is -5.46. The van der Waals surface area contributed by atoms with Gasteiger partial charge in [-0.3, -0.25) is 0 Å². The Bertz CT molecular complexity index is 2380. The molecule has 4 aromatic heterocycles. The number of halogens is 3. The summed E-state index contributed by atoms with van der Waals surface area (Å²) in [6, 6.07) is 25.9. The minimum atomic E-state index is -5.68. The van der Waals surface area contributed by atoms with Crippen LogP contribution in [0.4, 0.5) is 13.2 Å². The molecule has 0 atom stereocenters. The van der Waals surface area contributed by atoms with E-state index >= 15 is 0 Å². The lowest BCUT2D eigenvalue weighted by atomic mass is 10.1. The van der Waals surface area contributed by atoms with Gasteiger partial charge in [0.15, 0.2) is 0 Å². The molecule has 12 heteroatoms. The lowest BCUT2D eigenvalue weighted by Gasteiger charge is -2.09. The summed E-state index contributed by atoms with van der Waals surface area (Å²) in [6.45, 7) is 0. The van der Waals surface area contributed by atoms with Gasteiger partial charge in [0.1, 0.15) is 11.5 Å². The zero-order chi connectivity index (χ0) is 28.5. The van der Waals surface area contributed by atoms with Gasteiger partial charge in [0, 0.05) is 51.1 Å². The first kappa shape index (κ1) is 26.5. The predicted octanol–water partition coefficient (Wildman–Crippen LogP) is 10.5. The molecular formula is C29H15F3O4S5. The Balaban J connectivity index is 0.000000142. The second-order valence-corrected chi connectivity index (χ2v) is 15.3. The molecule has 0 spiro atoms. The van der Waals surface area contributed by atoms with Crippen LogP contribution in [0.2, 0.25) is 0 Å². The summed E-state index contributed by atoms with van der Waals surface area (Å²) in [5, 5.41) is 16.0. The number of hydrogen-bond acceptors (Lipinski definition) is 8. The summed E-state index contributed by atoms with van der Waals surface area (Å²) in [7, 11) is -5.68. The molecule has 4 aromatic carbocycles. The maximum atomic E-state index is 12.5. The molecule has 0 saturated carbocycles. The first-order valence-corrected chi connectivity index (χ1v) is 16.6. The number of fused-ring (bicyclic) bond motifs is 10. The Morgan fingerprint density at radius 2 is 1.07 bits per heavy atom. The number of phenolic OH excluding ortho intramolecular Hbond substituents is 1. The second-order valence-electron chi connectivity index (χ2n) is 9.05. The largest absolute Gasteiger partial charge is 0.534 e. The Labute approximate surface area is 246 Å². The van der Waals surface area contributed by atoms with Crippen molar-refractivity contribution in [3.63, 3.8) is 0 Å². The molecule has 4 heterocycles. The highest BCUT2D eigenvalue weighted by Gasteiger charge is 2.48. The maximum absolute atomic E-state index is 12.5. The van der Waals surface area contributed by atoms with Crippen LogP contribution in [0.15, 0.2) is 84.9 Å². The average molecular weight is 645 g/mol. The molecule has 0 radical (unpaired) electrons. The van der Waals surface area contributed by atoms with Gasteiger partial charge in [-0.2, -0.15) is 21.6 Å². The third-order valence-corrected chi connectivity index (χ3v) is 12.3. The third kappa shape index (κ3) is 4.50. The standard InChI is InChI=1S/C15H7F3O3S3.C14H8OS2/c16-15(17,18)24(19,20)21-8-5-6-12-10(7-8)13-9-3-1-2-4-11(9)22-14(13)23-12;15-8-5-6-12-10(7-8)13-9-3-1-2-4-11(9)16-14(13)17-12/h1-7H;1-7,15H. The van der Waals surface area contributed by atoms with Crippen molar-refractivity contribution in [1.82, 2.24) is 0 Å². The summed E-state index contributed by atoms with van der Waals surface area (Å²) in [4.78, 5) is 0. The summed E-state index contributed by atoms with van der Waals surface area (Å²) in [6.07, 6.45) is 0. The molecule has 0 fully saturated rings. The van der Waals surface area contributed by atoms with Crippen LogP contribution in [0.1, 0.15) is 0 Å². The number of phenols is 1. The molecule has 0 unspecified atom stereocenters. The van der Waals surface area contributed by atoms with Gasteiger partial charge in [-0.1, -0.05) is 36.4 Å². The van der Waals surface area contributed by atoms with Crippen LogP contribution in [0, 0.1) is 0 Å². The number of alkyl halides is 3. The van der Waals surface area contributed by atoms with Crippen LogP contribution >= 0.6 is 45.3 Å². The van der Waals surface area contributed by atoms with Crippen LogP contribution in [0.3, 0.4) is 0 Å². The van der Waals surface area contributed by atoms with Crippen LogP contribution < -0.4 is 4.18 Å². The van der Waals surface area contributed by atoms with Crippen molar-refractivity contribution >= 4 is 115 Å². The van der Waals surface area contributed by atoms with Gasteiger partial charge >= 0.3 is 15.6 Å². The fourth-order valence-corrected chi connectivity index (χ4v) is 10.3. The van der Waals surface area contributed by atoms with Crippen molar-refractivity contribution in [3.8, 4) is 11.5 Å². The maximum Gasteiger partial charge on any atom is 0.534 e. The predicted molar refractivity (Wildman–Crippen MR) is 167 cm³/mol. The van der Waals surface area contributed by atoms with E-state index in [9.17, 15) is 26.7 Å². The van der Waals surface area contributed by atoms with Crippen molar-refractivity contribution in [3.05, 3.63) is 84.9 Å². The van der Waals surface area contributed by atoms with E-state index in [0.717, 1.165) is 24.2 Å². The van der Waals surface area contributed by atoms with Crippen molar-refractivity contribution in [2.24, 2.45) is 0 Å². The van der Waals surface area contributed by atoms with Gasteiger partial charge in [-0.25, -0.2) is 0 Å². The molecular weight excluding hydrogens is 630 g/mol. The molecule has 0 aliphatic rings. The summed E-state index contributed by atoms with van der Waals surface area (Å²) < 4.78 is 70.9. The zero-order valence-electron chi connectivity index (χ0n) is 20.4. The van der Waals surface area contributed by atoms with E-state index in [-0.39, 0.29) is 5.75 Å². The van der Waals surface area contributed by atoms with E-state index in [1.807, 2.05) is 47.7 Å². The second kappa shape index (κ2) is 9.57. The SMILES string of the molecule is O=S(=O)(Oc1ccc2sc3sc4ccccc4c3c2c1)C(F)(F)F.Oc1ccc2sc3sc4ccccc4c3c2c1. The molecule has 0 saturated heterocycles. The first-order valence-electron chi connectivity index (χ1n) is 12.0. The Kier molecular flexibility index (Phi) is 6.18. The first-order chi connectivity index (χ1) is 19.6. The van der Waals surface area contributed by atoms with Crippen LogP contribution in [0.25, 0.3) is 59.1 Å². The number of hydrogen-bond donors (Lipinski definition) is 1. The fourth-order valence-electron chi connectivity index (χ4n) is 4.72. The number of rotatable bonds is 2. The monoisotopic (exact) mass is 644 g/mol. The van der Waals surface area contributed by atoms with Gasteiger partial charge in [-0.15, -0.1) is 45.3 Å². The molecule has 4 nitrogen and oxygen atoms in total. The van der Waals surface area contributed by atoms with E-state index in [1.54, 1.807) is 34.8 Å². The Morgan fingerprint density at radius 1 is 0.610 bits per heavy atom. The molecule has 0 amide bonds. The summed E-state index contributed by atoms with van der Waals surface area (Å²) in [5.74, 6) is -0.0118. The third-order valence-electron chi connectivity index (χ3n) is 6.47. The molecule has 0 aliphatic carbocycles. The molecule has 41 heavy (non-hydrogen) atoms. The van der Waals surface area contributed by atoms with Crippen LogP contribution in [-0.2, 0) is 10.1 Å². The van der Waals surface area contributed by atoms with E-state index in [2.05, 4.69) is 28.4 Å². The molecule has 1 N–H and O–H groups in total. The molecule has 206 valence electrons. The van der Waals surface area contributed by atoms with Gasteiger partial charge in [0.05, 0.1) is 8.03 Å². The minimum absolute atomic E-state index is 0.340. The number of aromatic hydroxyl groups is 1. The lowest BCUT2D eigenvalue weighted by molar-refractivity contribution is -0.0500. The Morgan fingerprint density at radius 3 is 1.61 bits per heavy atom. The van der Waals surface area contributed by atoms with E-state index in [0.29, 0.717) is 11.1 Å². The molecule has 0 bridgehead atoms. The number of thiophene rings is 4. The highest BCUT2D eigenvalue weighted by Crippen LogP contribution is 2.46.